The number of pyridine rings is 1. The summed E-state index contributed by atoms with van der Waals surface area (Å²) in [6, 6.07) is 17.7. The Morgan fingerprint density at radius 2 is 1.66 bits per heavy atom. The molecule has 0 amide bonds. The lowest BCUT2D eigenvalue weighted by Crippen LogP contribution is -2.34. The van der Waals surface area contributed by atoms with Crippen molar-refractivity contribution in [1.29, 1.82) is 0 Å². The summed E-state index contributed by atoms with van der Waals surface area (Å²) >= 11 is 3.32. The summed E-state index contributed by atoms with van der Waals surface area (Å²) in [6.45, 7) is 1.05. The number of aryl methyl sites for hydroxylation is 1. The molecule has 35 heavy (non-hydrogen) atoms. The average molecular weight is 564 g/mol. The van der Waals surface area contributed by atoms with Gasteiger partial charge in [0.25, 0.3) is 11.2 Å². The van der Waals surface area contributed by atoms with Crippen LogP contribution in [0, 0.1) is 10.1 Å². The summed E-state index contributed by atoms with van der Waals surface area (Å²) in [5, 5.41) is 11.5. The summed E-state index contributed by atoms with van der Waals surface area (Å²) in [5.41, 5.74) is 0.486. The number of hydrogen-bond acceptors (Lipinski definition) is 6. The van der Waals surface area contributed by atoms with E-state index >= 15 is 0 Å². The summed E-state index contributed by atoms with van der Waals surface area (Å²) in [4.78, 5) is 23.1. The molecule has 3 aromatic rings. The lowest BCUT2D eigenvalue weighted by Gasteiger charge is -2.22. The topological polar surface area (TPSA) is 112 Å². The molecule has 2 aromatic carbocycles. The fraction of sp³-hybridized carbons (Fsp3) is 0.292. The van der Waals surface area contributed by atoms with E-state index in [-0.39, 0.29) is 41.6 Å². The van der Waals surface area contributed by atoms with E-state index in [1.165, 1.54) is 33.1 Å². The molecular formula is C24H26BrN3O6S. The van der Waals surface area contributed by atoms with Gasteiger partial charge in [0.2, 0.25) is 10.0 Å². The molecule has 0 N–H and O–H groups in total. The third-order valence-electron chi connectivity index (χ3n) is 5.26. The molecule has 0 fully saturated rings. The monoisotopic (exact) mass is 563 g/mol. The quantitative estimate of drug-likeness (QED) is 0.175. The maximum Gasteiger partial charge on any atom is 0.292 e. The van der Waals surface area contributed by atoms with Crippen molar-refractivity contribution in [2.24, 2.45) is 0 Å². The second kappa shape index (κ2) is 12.6. The Morgan fingerprint density at radius 3 is 2.31 bits per heavy atom. The van der Waals surface area contributed by atoms with E-state index in [9.17, 15) is 23.3 Å². The molecule has 0 spiro atoms. The van der Waals surface area contributed by atoms with Gasteiger partial charge in [-0.3, -0.25) is 14.9 Å². The maximum atomic E-state index is 13.2. The predicted octanol–water partition coefficient (Wildman–Crippen LogP) is 4.20. The van der Waals surface area contributed by atoms with Crippen LogP contribution in [-0.2, 0) is 23.2 Å². The van der Waals surface area contributed by atoms with E-state index in [4.69, 9.17) is 4.74 Å². The normalized spacial score (nSPS) is 11.5. The first-order valence-electron chi connectivity index (χ1n) is 11.0. The first kappa shape index (κ1) is 26.6. The highest BCUT2D eigenvalue weighted by molar-refractivity contribution is 9.09. The molecule has 0 aliphatic heterocycles. The van der Waals surface area contributed by atoms with Crippen molar-refractivity contribution < 1.29 is 18.1 Å². The van der Waals surface area contributed by atoms with Gasteiger partial charge in [0.1, 0.15) is 6.61 Å². The second-order valence-corrected chi connectivity index (χ2v) is 10.4. The molecule has 0 aliphatic carbocycles. The van der Waals surface area contributed by atoms with Crippen LogP contribution >= 0.6 is 15.9 Å². The third-order valence-corrected chi connectivity index (χ3v) is 7.73. The Kier molecular flexibility index (Phi) is 9.58. The Balaban J connectivity index is 1.67. The van der Waals surface area contributed by atoms with Gasteiger partial charge >= 0.3 is 0 Å². The second-order valence-electron chi connectivity index (χ2n) is 7.70. The van der Waals surface area contributed by atoms with Crippen molar-refractivity contribution >= 4 is 31.6 Å². The van der Waals surface area contributed by atoms with Crippen molar-refractivity contribution in [3.63, 3.8) is 0 Å². The van der Waals surface area contributed by atoms with Gasteiger partial charge in [0.15, 0.2) is 5.75 Å². The van der Waals surface area contributed by atoms with Crippen molar-refractivity contribution in [2.75, 3.05) is 18.4 Å². The fourth-order valence-corrected chi connectivity index (χ4v) is 5.20. The summed E-state index contributed by atoms with van der Waals surface area (Å²) in [7, 11) is -3.85. The van der Waals surface area contributed by atoms with Gasteiger partial charge in [-0.15, -0.1) is 0 Å². The van der Waals surface area contributed by atoms with E-state index in [1.807, 2.05) is 30.3 Å². The first-order chi connectivity index (χ1) is 16.8. The number of nitro groups is 1. The zero-order valence-electron chi connectivity index (χ0n) is 19.0. The molecule has 0 unspecified atom stereocenters. The summed E-state index contributed by atoms with van der Waals surface area (Å²) < 4.78 is 34.8. The van der Waals surface area contributed by atoms with Crippen LogP contribution in [0.2, 0.25) is 0 Å². The van der Waals surface area contributed by atoms with Gasteiger partial charge in [-0.2, -0.15) is 4.31 Å². The van der Waals surface area contributed by atoms with E-state index in [2.05, 4.69) is 15.9 Å². The number of nitrogens with zero attached hydrogens (tertiary/aromatic N) is 3. The van der Waals surface area contributed by atoms with Crippen LogP contribution in [0.4, 0.5) is 5.69 Å². The predicted molar refractivity (Wildman–Crippen MR) is 136 cm³/mol. The van der Waals surface area contributed by atoms with Crippen LogP contribution < -0.4 is 10.3 Å². The molecule has 0 radical (unpaired) electrons. The van der Waals surface area contributed by atoms with Crippen LogP contribution in [0.3, 0.4) is 0 Å². The summed E-state index contributed by atoms with van der Waals surface area (Å²) in [5.74, 6) is 0.228. The molecule has 11 heteroatoms. The van der Waals surface area contributed by atoms with E-state index in [1.54, 1.807) is 18.3 Å². The van der Waals surface area contributed by atoms with Crippen LogP contribution in [0.5, 0.6) is 5.75 Å². The van der Waals surface area contributed by atoms with Crippen molar-refractivity contribution in [3.05, 3.63) is 99.0 Å². The standard InChI is InChI=1S/C24H26BrN3O6S/c25-14-5-17-27(35(32,33)22-12-10-21(11-13-22)28(30)31)18-6-16-26-15-4-9-23(24(26)29)34-19-20-7-2-1-3-8-20/h1-4,7-13,15H,5-6,14,16-19H2. The number of alkyl halides is 1. The molecule has 1 aromatic heterocycles. The third kappa shape index (κ3) is 7.23. The van der Waals surface area contributed by atoms with Crippen molar-refractivity contribution in [1.82, 2.24) is 8.87 Å². The van der Waals surface area contributed by atoms with Crippen LogP contribution in [0.1, 0.15) is 18.4 Å². The smallest absolute Gasteiger partial charge is 0.292 e. The molecule has 0 saturated carbocycles. The molecule has 3 rings (SSSR count). The molecule has 186 valence electrons. The summed E-state index contributed by atoms with van der Waals surface area (Å²) in [6.07, 6.45) is 2.64. The molecule has 0 saturated heterocycles. The Hall–Kier alpha value is -3.02. The highest BCUT2D eigenvalue weighted by Crippen LogP contribution is 2.20. The highest BCUT2D eigenvalue weighted by Gasteiger charge is 2.24. The maximum absolute atomic E-state index is 13.2. The Bertz CT molecular complexity index is 1280. The van der Waals surface area contributed by atoms with Gasteiger partial charge in [-0.25, -0.2) is 8.42 Å². The van der Waals surface area contributed by atoms with Gasteiger partial charge in [0.05, 0.1) is 9.82 Å². The molecular weight excluding hydrogens is 538 g/mol. The van der Waals surface area contributed by atoms with Crippen molar-refractivity contribution in [2.45, 2.75) is 30.9 Å². The Morgan fingerprint density at radius 1 is 0.971 bits per heavy atom. The van der Waals surface area contributed by atoms with E-state index in [0.717, 1.165) is 5.56 Å². The number of sulfonamides is 1. The lowest BCUT2D eigenvalue weighted by atomic mass is 10.2. The number of ether oxygens (including phenoxy) is 1. The van der Waals surface area contributed by atoms with E-state index in [0.29, 0.717) is 24.7 Å². The van der Waals surface area contributed by atoms with Gasteiger partial charge in [-0.05, 0) is 42.7 Å². The van der Waals surface area contributed by atoms with E-state index < -0.39 is 14.9 Å². The number of halogens is 1. The minimum atomic E-state index is -3.85. The number of nitro benzene ring substituents is 1. The zero-order chi connectivity index (χ0) is 25.3. The fourth-order valence-electron chi connectivity index (χ4n) is 3.43. The average Bonchev–Trinajstić information content (AvgIpc) is 2.86. The first-order valence-corrected chi connectivity index (χ1v) is 13.6. The Labute approximate surface area is 212 Å². The van der Waals surface area contributed by atoms with Gasteiger partial charge < -0.3 is 9.30 Å². The highest BCUT2D eigenvalue weighted by atomic mass is 79.9. The van der Waals surface area contributed by atoms with Gasteiger partial charge in [0, 0.05) is 43.3 Å². The number of rotatable bonds is 13. The number of benzene rings is 2. The lowest BCUT2D eigenvalue weighted by molar-refractivity contribution is -0.384. The minimum absolute atomic E-state index is 0.00820. The SMILES string of the molecule is O=c1c(OCc2ccccc2)cccn1CCCN(CCCBr)S(=O)(=O)c1ccc([N+](=O)[O-])cc1. The molecule has 0 bridgehead atoms. The molecule has 0 aliphatic rings. The van der Waals surface area contributed by atoms with Crippen LogP contribution in [0.15, 0.2) is 82.6 Å². The zero-order valence-corrected chi connectivity index (χ0v) is 21.4. The molecule has 9 nitrogen and oxygen atoms in total. The largest absolute Gasteiger partial charge is 0.483 e. The number of non-ortho nitro benzene ring substituents is 1. The minimum Gasteiger partial charge on any atom is -0.483 e. The van der Waals surface area contributed by atoms with Gasteiger partial charge in [-0.1, -0.05) is 46.3 Å². The van der Waals surface area contributed by atoms with Crippen molar-refractivity contribution in [3.8, 4) is 5.75 Å². The molecule has 1 heterocycles. The number of hydrogen-bond donors (Lipinski definition) is 0. The molecule has 0 atom stereocenters. The van der Waals surface area contributed by atoms with Crippen LogP contribution in [0.25, 0.3) is 0 Å². The number of aromatic nitrogens is 1. The van der Waals surface area contributed by atoms with Crippen LogP contribution in [-0.4, -0.2) is 40.6 Å².